The van der Waals surface area contributed by atoms with Crippen LogP contribution in [0.4, 0.5) is 11.4 Å². The third kappa shape index (κ3) is 5.53. The predicted octanol–water partition coefficient (Wildman–Crippen LogP) is 5.66. The molecule has 4 heterocycles. The van der Waals surface area contributed by atoms with E-state index in [0.29, 0.717) is 51.2 Å². The zero-order chi connectivity index (χ0) is 34.2. The minimum Gasteiger partial charge on any atom is -0.494 e. The Hall–Kier alpha value is -4.47. The fraction of sp³-hybridized carbons (Fsp3) is 0.425. The second-order valence-electron chi connectivity index (χ2n) is 13.5. The maximum absolute atomic E-state index is 15.0. The Morgan fingerprint density at radius 3 is 2.20 bits per heavy atom. The predicted molar refractivity (Wildman–Crippen MR) is 189 cm³/mol. The first kappa shape index (κ1) is 33.0. The van der Waals surface area contributed by atoms with Gasteiger partial charge >= 0.3 is 0 Å². The molecule has 9 heteroatoms. The lowest BCUT2D eigenvalue weighted by Crippen LogP contribution is -2.56. The number of carbonyl (C=O) groups is 3. The van der Waals surface area contributed by atoms with E-state index in [-0.39, 0.29) is 24.3 Å². The summed E-state index contributed by atoms with van der Waals surface area (Å²) >= 11 is 0. The Morgan fingerprint density at radius 1 is 0.776 bits per heavy atom. The lowest BCUT2D eigenvalue weighted by atomic mass is 9.73. The molecule has 4 aliphatic heterocycles. The number of amides is 3. The normalized spacial score (nSPS) is 27.7. The quantitative estimate of drug-likeness (QED) is 0.210. The fourth-order valence-electron chi connectivity index (χ4n) is 8.44. The number of hydrogen-bond acceptors (Lipinski definition) is 6. The van der Waals surface area contributed by atoms with E-state index in [0.717, 1.165) is 35.1 Å². The number of hydrogen-bond donors (Lipinski definition) is 1. The summed E-state index contributed by atoms with van der Waals surface area (Å²) in [6, 6.07) is 20.5. The summed E-state index contributed by atoms with van der Waals surface area (Å²) < 4.78 is 12.8. The molecule has 0 aliphatic carbocycles. The van der Waals surface area contributed by atoms with Gasteiger partial charge < -0.3 is 29.3 Å². The van der Waals surface area contributed by atoms with Crippen LogP contribution in [0.2, 0.25) is 0 Å². The van der Waals surface area contributed by atoms with Gasteiger partial charge in [0.1, 0.15) is 17.4 Å². The molecule has 0 radical (unpaired) electrons. The number of anilines is 2. The molecule has 4 aliphatic rings. The van der Waals surface area contributed by atoms with Gasteiger partial charge in [-0.1, -0.05) is 74.4 Å². The first-order chi connectivity index (χ1) is 23.9. The number of likely N-dealkylation sites (tertiary alicyclic amines) is 1. The highest BCUT2D eigenvalue weighted by Gasteiger charge is 2.75. The molecule has 3 aromatic rings. The summed E-state index contributed by atoms with van der Waals surface area (Å²) in [6.45, 7) is 5.58. The monoisotopic (exact) mass is 663 g/mol. The molecule has 3 aromatic carbocycles. The smallest absolute Gasteiger partial charge is 0.253 e. The Bertz CT molecular complexity index is 1790. The number of aliphatic hydroxyl groups is 1. The van der Waals surface area contributed by atoms with Gasteiger partial charge in [0.25, 0.3) is 5.91 Å². The largest absolute Gasteiger partial charge is 0.494 e. The summed E-state index contributed by atoms with van der Waals surface area (Å²) in [6.07, 6.45) is 11.2. The van der Waals surface area contributed by atoms with Crippen LogP contribution in [0.25, 0.3) is 10.8 Å². The Kier molecular flexibility index (Phi) is 9.07. The molecule has 0 bridgehead atoms. The molecule has 1 N–H and O–H groups in total. The number of unbranched alkanes of at least 4 members (excludes halogenated alkanes) is 3. The zero-order valence-electron chi connectivity index (χ0n) is 28.3. The molecule has 3 amide bonds. The van der Waals surface area contributed by atoms with Crippen LogP contribution in [-0.4, -0.2) is 77.8 Å². The lowest BCUT2D eigenvalue weighted by Gasteiger charge is -2.38. The minimum atomic E-state index is -1.33. The van der Waals surface area contributed by atoms with E-state index in [1.54, 1.807) is 14.7 Å². The summed E-state index contributed by atoms with van der Waals surface area (Å²) in [5.74, 6) is -1.62. The van der Waals surface area contributed by atoms with Crippen LogP contribution < -0.4 is 14.5 Å². The summed E-state index contributed by atoms with van der Waals surface area (Å²) in [5.41, 5.74) is -0.929. The molecule has 5 atom stereocenters. The number of carbonyl (C=O) groups excluding carboxylic acids is 3. The zero-order valence-corrected chi connectivity index (χ0v) is 28.3. The van der Waals surface area contributed by atoms with Crippen molar-refractivity contribution in [3.8, 4) is 5.75 Å². The van der Waals surface area contributed by atoms with E-state index in [1.165, 1.54) is 0 Å². The number of ether oxygens (including phenoxy) is 2. The van der Waals surface area contributed by atoms with E-state index in [9.17, 15) is 19.5 Å². The van der Waals surface area contributed by atoms with Crippen LogP contribution in [-0.2, 0) is 19.1 Å². The van der Waals surface area contributed by atoms with Gasteiger partial charge in [-0.3, -0.25) is 14.4 Å². The molecule has 1 unspecified atom stereocenters. The molecule has 0 aromatic heterocycles. The molecule has 2 fully saturated rings. The van der Waals surface area contributed by atoms with Gasteiger partial charge in [0.2, 0.25) is 11.8 Å². The number of aliphatic hydroxyl groups excluding tert-OH is 1. The molecular formula is C40H45N3O6. The topological polar surface area (TPSA) is 99.6 Å². The van der Waals surface area contributed by atoms with Crippen LogP contribution >= 0.6 is 0 Å². The van der Waals surface area contributed by atoms with Gasteiger partial charge in [0.05, 0.1) is 24.0 Å². The van der Waals surface area contributed by atoms with E-state index >= 15 is 0 Å². The second-order valence-corrected chi connectivity index (χ2v) is 13.5. The number of nitrogens with zero attached hydrogens (tertiary/aromatic N) is 3. The van der Waals surface area contributed by atoms with E-state index in [1.807, 2.05) is 105 Å². The van der Waals surface area contributed by atoms with Crippen LogP contribution in [0, 0.1) is 11.8 Å². The van der Waals surface area contributed by atoms with Gasteiger partial charge in [0.15, 0.2) is 0 Å². The maximum Gasteiger partial charge on any atom is 0.253 e. The van der Waals surface area contributed by atoms with Crippen LogP contribution in [0.1, 0.15) is 46.0 Å². The van der Waals surface area contributed by atoms with Crippen LogP contribution in [0.3, 0.4) is 0 Å². The van der Waals surface area contributed by atoms with Crippen molar-refractivity contribution in [2.24, 2.45) is 11.8 Å². The highest BCUT2D eigenvalue weighted by Crippen LogP contribution is 2.59. The SMILES string of the molecule is CCOc1ccc(N2CC=C[C@@]3(CC)O[C@]45C=CCN(c6ccc7ccccc7c6)C(=O)C4N(CCCCCCO)C(=O)[C@@H]5[C@H]3C2=O)cc1. The Morgan fingerprint density at radius 2 is 1.47 bits per heavy atom. The minimum absolute atomic E-state index is 0.121. The van der Waals surface area contributed by atoms with Crippen LogP contribution in [0.15, 0.2) is 91.0 Å². The Balaban J connectivity index is 1.29. The first-order valence-corrected chi connectivity index (χ1v) is 17.7. The van der Waals surface area contributed by atoms with E-state index < -0.39 is 29.1 Å². The number of rotatable bonds is 11. The molecule has 2 saturated heterocycles. The standard InChI is InChI=1S/C40H45N3O6/c1-3-39-21-11-24-41(30-17-19-32(20-18-30)48-4-2)36(45)33(39)34-37(46)43(23-9-5-6-10-26-44)35-38(47)42(25-12-22-40(34,35)49-39)31-16-15-28-13-7-8-14-29(28)27-31/h7-8,11-22,27,33-35,44H,3-6,9-10,23-26H2,1-2H3/t33-,34-,35?,39+,40-/m0/s1. The van der Waals surface area contributed by atoms with Crippen molar-refractivity contribution in [2.75, 3.05) is 42.6 Å². The molecule has 256 valence electrons. The third-order valence-electron chi connectivity index (χ3n) is 10.8. The van der Waals surface area contributed by atoms with Crippen molar-refractivity contribution in [1.29, 1.82) is 0 Å². The van der Waals surface area contributed by atoms with Gasteiger partial charge in [-0.25, -0.2) is 0 Å². The first-order valence-electron chi connectivity index (χ1n) is 17.7. The van der Waals surface area contributed by atoms with Gasteiger partial charge in [-0.15, -0.1) is 0 Å². The van der Waals surface area contributed by atoms with Gasteiger partial charge in [-0.2, -0.15) is 0 Å². The van der Waals surface area contributed by atoms with E-state index in [4.69, 9.17) is 9.47 Å². The molecule has 9 nitrogen and oxygen atoms in total. The molecular weight excluding hydrogens is 618 g/mol. The summed E-state index contributed by atoms with van der Waals surface area (Å²) in [5, 5.41) is 11.4. The van der Waals surface area contributed by atoms with Crippen molar-refractivity contribution in [3.63, 3.8) is 0 Å². The number of fused-ring (bicyclic) bond motifs is 3. The number of benzene rings is 3. The molecule has 0 saturated carbocycles. The maximum atomic E-state index is 15.0. The van der Waals surface area contributed by atoms with Crippen molar-refractivity contribution in [3.05, 3.63) is 91.0 Å². The van der Waals surface area contributed by atoms with Crippen LogP contribution in [0.5, 0.6) is 5.75 Å². The molecule has 7 rings (SSSR count). The van der Waals surface area contributed by atoms with Gasteiger partial charge in [0, 0.05) is 37.6 Å². The summed E-state index contributed by atoms with van der Waals surface area (Å²) in [4.78, 5) is 49.8. The van der Waals surface area contributed by atoms with Crippen molar-refractivity contribution in [2.45, 2.75) is 63.2 Å². The highest BCUT2D eigenvalue weighted by molar-refractivity contribution is 6.08. The lowest BCUT2D eigenvalue weighted by molar-refractivity contribution is -0.145. The van der Waals surface area contributed by atoms with Gasteiger partial charge in [-0.05, 0) is 73.4 Å². The summed E-state index contributed by atoms with van der Waals surface area (Å²) in [7, 11) is 0. The van der Waals surface area contributed by atoms with Crippen molar-refractivity contribution < 1.29 is 29.0 Å². The van der Waals surface area contributed by atoms with Crippen molar-refractivity contribution >= 4 is 39.9 Å². The average molecular weight is 664 g/mol. The third-order valence-corrected chi connectivity index (χ3v) is 10.8. The van der Waals surface area contributed by atoms with E-state index in [2.05, 4.69) is 0 Å². The molecule has 49 heavy (non-hydrogen) atoms. The molecule has 1 spiro atoms. The Labute approximate surface area is 287 Å². The highest BCUT2D eigenvalue weighted by atomic mass is 16.5. The average Bonchev–Trinajstić information content (AvgIpc) is 3.40. The van der Waals surface area contributed by atoms with Crippen molar-refractivity contribution in [1.82, 2.24) is 4.90 Å². The fourth-order valence-corrected chi connectivity index (χ4v) is 8.44. The second kappa shape index (κ2) is 13.4.